The number of hydrogen-bond donors (Lipinski definition) is 2. The fourth-order valence-corrected chi connectivity index (χ4v) is 1.85. The Balaban J connectivity index is 0.00000144. The molecule has 4 nitrogen and oxygen atoms in total. The average Bonchev–Trinajstić information content (AvgIpc) is 2.30. The van der Waals surface area contributed by atoms with Gasteiger partial charge in [-0.3, -0.25) is 4.79 Å². The highest BCUT2D eigenvalue weighted by Crippen LogP contribution is 2.19. The fraction of sp³-hybridized carbons (Fsp3) is 0.417. The van der Waals surface area contributed by atoms with E-state index < -0.39 is 0 Å². The van der Waals surface area contributed by atoms with E-state index in [0.29, 0.717) is 11.8 Å². The van der Waals surface area contributed by atoms with Crippen molar-refractivity contribution < 1.29 is 9.53 Å². The predicted molar refractivity (Wildman–Crippen MR) is 68.6 cm³/mol. The molecule has 17 heavy (non-hydrogen) atoms. The number of ether oxygens (including phenoxy) is 1. The lowest BCUT2D eigenvalue weighted by Crippen LogP contribution is -2.42. The quantitative estimate of drug-likeness (QED) is 0.618. The van der Waals surface area contributed by atoms with Crippen LogP contribution in [0.1, 0.15) is 18.5 Å². The highest BCUT2D eigenvalue weighted by atomic mass is 35.5. The van der Waals surface area contributed by atoms with Crippen molar-refractivity contribution in [1.82, 2.24) is 10.6 Å². The smallest absolute Gasteiger partial charge is 0.308 e. The van der Waals surface area contributed by atoms with E-state index in [0.717, 1.165) is 25.2 Å². The molecule has 1 aliphatic heterocycles. The number of hydrogen-bond acceptors (Lipinski definition) is 4. The number of carbonyl (C=O) groups excluding carboxylic acids is 1. The minimum atomic E-state index is -0.285. The number of nitrogens with one attached hydrogen (secondary N) is 2. The van der Waals surface area contributed by atoms with Gasteiger partial charge in [0.15, 0.2) is 0 Å². The molecule has 1 aliphatic rings. The van der Waals surface area contributed by atoms with Crippen LogP contribution in [0.15, 0.2) is 24.3 Å². The van der Waals surface area contributed by atoms with E-state index in [1.54, 1.807) is 6.07 Å². The lowest BCUT2D eigenvalue weighted by atomic mass is 10.1. The van der Waals surface area contributed by atoms with Crippen molar-refractivity contribution in [3.05, 3.63) is 29.8 Å². The van der Waals surface area contributed by atoms with Gasteiger partial charge >= 0.3 is 5.97 Å². The van der Waals surface area contributed by atoms with Crippen molar-refractivity contribution >= 4 is 18.4 Å². The predicted octanol–water partition coefficient (Wildman–Crippen LogP) is 1.27. The number of carbonyl (C=O) groups is 1. The zero-order valence-electron chi connectivity index (χ0n) is 9.73. The molecule has 0 amide bonds. The standard InChI is InChI=1S/C12H16N2O2.ClH/c1-9(15)16-11-4-2-3-10(7-11)12-8-13-5-6-14-12;/h2-4,7,12-14H,5-6,8H2,1H3;1H/t12-;/m0./s1. The topological polar surface area (TPSA) is 50.4 Å². The first kappa shape index (κ1) is 14.0. The molecule has 1 aromatic carbocycles. The highest BCUT2D eigenvalue weighted by Gasteiger charge is 2.14. The van der Waals surface area contributed by atoms with Gasteiger partial charge in [0.1, 0.15) is 5.75 Å². The van der Waals surface area contributed by atoms with Crippen molar-refractivity contribution in [2.45, 2.75) is 13.0 Å². The van der Waals surface area contributed by atoms with Crippen molar-refractivity contribution in [2.75, 3.05) is 19.6 Å². The molecule has 1 aromatic rings. The maximum atomic E-state index is 10.9. The van der Waals surface area contributed by atoms with Crippen molar-refractivity contribution in [3.63, 3.8) is 0 Å². The molecule has 1 atom stereocenters. The molecule has 2 rings (SSSR count). The number of esters is 1. The Bertz CT molecular complexity index is 379. The van der Waals surface area contributed by atoms with Gasteiger partial charge in [0.05, 0.1) is 0 Å². The van der Waals surface area contributed by atoms with Gasteiger partial charge in [-0.05, 0) is 17.7 Å². The van der Waals surface area contributed by atoms with E-state index in [4.69, 9.17) is 4.74 Å². The largest absolute Gasteiger partial charge is 0.427 e. The Morgan fingerprint density at radius 3 is 2.88 bits per heavy atom. The Morgan fingerprint density at radius 1 is 1.41 bits per heavy atom. The van der Waals surface area contributed by atoms with Crippen LogP contribution in [0.3, 0.4) is 0 Å². The van der Waals surface area contributed by atoms with Crippen LogP contribution in [0.5, 0.6) is 5.75 Å². The summed E-state index contributed by atoms with van der Waals surface area (Å²) < 4.78 is 5.06. The van der Waals surface area contributed by atoms with E-state index >= 15 is 0 Å². The first-order chi connectivity index (χ1) is 7.75. The number of benzene rings is 1. The molecule has 0 bridgehead atoms. The van der Waals surface area contributed by atoms with Crippen molar-refractivity contribution in [3.8, 4) is 5.75 Å². The molecule has 1 fully saturated rings. The molecule has 0 aromatic heterocycles. The van der Waals surface area contributed by atoms with Crippen molar-refractivity contribution in [1.29, 1.82) is 0 Å². The normalized spacial score (nSPS) is 19.2. The van der Waals surface area contributed by atoms with Gasteiger partial charge in [0.2, 0.25) is 0 Å². The van der Waals surface area contributed by atoms with E-state index in [2.05, 4.69) is 10.6 Å². The number of rotatable bonds is 2. The minimum Gasteiger partial charge on any atom is -0.427 e. The molecular formula is C12H17ClN2O2. The zero-order chi connectivity index (χ0) is 11.4. The van der Waals surface area contributed by atoms with Crippen LogP contribution in [0.4, 0.5) is 0 Å². The van der Waals surface area contributed by atoms with Crippen LogP contribution in [0.2, 0.25) is 0 Å². The van der Waals surface area contributed by atoms with Gasteiger partial charge in [0, 0.05) is 32.6 Å². The fourth-order valence-electron chi connectivity index (χ4n) is 1.85. The number of halogens is 1. The zero-order valence-corrected chi connectivity index (χ0v) is 10.5. The Morgan fingerprint density at radius 2 is 2.24 bits per heavy atom. The lowest BCUT2D eigenvalue weighted by molar-refractivity contribution is -0.131. The average molecular weight is 257 g/mol. The third-order valence-corrected chi connectivity index (χ3v) is 2.56. The van der Waals surface area contributed by atoms with Gasteiger partial charge < -0.3 is 15.4 Å². The first-order valence-electron chi connectivity index (χ1n) is 5.48. The molecule has 5 heteroatoms. The Hall–Kier alpha value is -1.10. The monoisotopic (exact) mass is 256 g/mol. The molecule has 0 unspecified atom stereocenters. The van der Waals surface area contributed by atoms with Crippen LogP contribution in [0.25, 0.3) is 0 Å². The van der Waals surface area contributed by atoms with Crippen LogP contribution in [-0.4, -0.2) is 25.6 Å². The van der Waals surface area contributed by atoms with Gasteiger partial charge in [-0.2, -0.15) is 0 Å². The van der Waals surface area contributed by atoms with Crippen LogP contribution >= 0.6 is 12.4 Å². The maximum Gasteiger partial charge on any atom is 0.308 e. The molecule has 94 valence electrons. The molecule has 0 spiro atoms. The summed E-state index contributed by atoms with van der Waals surface area (Å²) in [6, 6.07) is 7.94. The van der Waals surface area contributed by atoms with Crippen molar-refractivity contribution in [2.24, 2.45) is 0 Å². The third-order valence-electron chi connectivity index (χ3n) is 2.56. The SMILES string of the molecule is CC(=O)Oc1cccc([C@@H]2CNCCN2)c1.Cl. The highest BCUT2D eigenvalue weighted by molar-refractivity contribution is 5.85. The second kappa shape index (κ2) is 6.59. The molecule has 0 radical (unpaired) electrons. The Kier molecular flexibility index (Phi) is 5.41. The summed E-state index contributed by atoms with van der Waals surface area (Å²) in [6.45, 7) is 4.28. The molecule has 1 saturated heterocycles. The Labute approximate surface area is 107 Å². The summed E-state index contributed by atoms with van der Waals surface area (Å²) in [5.74, 6) is 0.323. The summed E-state index contributed by atoms with van der Waals surface area (Å²) in [4.78, 5) is 10.9. The van der Waals surface area contributed by atoms with E-state index in [1.165, 1.54) is 6.92 Å². The van der Waals surface area contributed by atoms with Gasteiger partial charge in [-0.1, -0.05) is 12.1 Å². The van der Waals surface area contributed by atoms with E-state index in [1.807, 2.05) is 18.2 Å². The molecule has 1 heterocycles. The third kappa shape index (κ3) is 4.00. The number of piperazine rings is 1. The summed E-state index contributed by atoms with van der Waals surface area (Å²) in [5.41, 5.74) is 1.14. The molecule has 2 N–H and O–H groups in total. The summed E-state index contributed by atoms with van der Waals surface area (Å²) >= 11 is 0. The summed E-state index contributed by atoms with van der Waals surface area (Å²) in [6.07, 6.45) is 0. The second-order valence-electron chi connectivity index (χ2n) is 3.88. The summed E-state index contributed by atoms with van der Waals surface area (Å²) in [5, 5.41) is 6.74. The maximum absolute atomic E-state index is 10.9. The molecule has 0 aliphatic carbocycles. The van der Waals surface area contributed by atoms with Crippen LogP contribution in [0, 0.1) is 0 Å². The lowest BCUT2D eigenvalue weighted by Gasteiger charge is -2.25. The van der Waals surface area contributed by atoms with E-state index in [-0.39, 0.29) is 18.4 Å². The minimum absolute atomic E-state index is 0. The first-order valence-corrected chi connectivity index (χ1v) is 5.48. The second-order valence-corrected chi connectivity index (χ2v) is 3.88. The molecule has 0 saturated carbocycles. The van der Waals surface area contributed by atoms with Gasteiger partial charge in [-0.25, -0.2) is 0 Å². The van der Waals surface area contributed by atoms with Gasteiger partial charge in [-0.15, -0.1) is 12.4 Å². The van der Waals surface area contributed by atoms with Gasteiger partial charge in [0.25, 0.3) is 0 Å². The summed E-state index contributed by atoms with van der Waals surface area (Å²) in [7, 11) is 0. The van der Waals surface area contributed by atoms with Crippen LogP contribution < -0.4 is 15.4 Å². The molecular weight excluding hydrogens is 240 g/mol. The van der Waals surface area contributed by atoms with Crippen LogP contribution in [-0.2, 0) is 4.79 Å². The van der Waals surface area contributed by atoms with E-state index in [9.17, 15) is 4.79 Å².